The Bertz CT molecular complexity index is 1110. The van der Waals surface area contributed by atoms with Crippen LogP contribution in [0.1, 0.15) is 30.5 Å². The van der Waals surface area contributed by atoms with Gasteiger partial charge in [-0.1, -0.05) is 19.1 Å². The maximum atomic E-state index is 12.5. The highest BCUT2D eigenvalue weighted by Gasteiger charge is 2.27. The number of aromatic nitrogens is 3. The molecule has 0 radical (unpaired) electrons. The van der Waals surface area contributed by atoms with Gasteiger partial charge >= 0.3 is 6.43 Å². The van der Waals surface area contributed by atoms with E-state index in [0.717, 1.165) is 37.8 Å². The summed E-state index contributed by atoms with van der Waals surface area (Å²) >= 11 is 0. The molecule has 2 aliphatic rings. The van der Waals surface area contributed by atoms with Crippen LogP contribution >= 0.6 is 0 Å². The van der Waals surface area contributed by atoms with Crippen molar-refractivity contribution < 1.29 is 22.7 Å². The van der Waals surface area contributed by atoms with Gasteiger partial charge in [-0.15, -0.1) is 10.2 Å². The summed E-state index contributed by atoms with van der Waals surface area (Å²) in [6.07, 6.45) is 0.293. The van der Waals surface area contributed by atoms with Gasteiger partial charge in [0, 0.05) is 38.1 Å². The zero-order chi connectivity index (χ0) is 26.2. The van der Waals surface area contributed by atoms with Crippen LogP contribution in [0.25, 0.3) is 11.5 Å². The molecule has 3 aromatic rings. The Morgan fingerprint density at radius 3 is 2.32 bits per heavy atom. The molecule has 11 heteroatoms. The van der Waals surface area contributed by atoms with Crippen LogP contribution in [0.15, 0.2) is 47.0 Å². The molecule has 0 atom stereocenters. The summed E-state index contributed by atoms with van der Waals surface area (Å²) in [5, 5.41) is 6.86. The molecule has 0 unspecified atom stereocenters. The lowest BCUT2D eigenvalue weighted by Gasteiger charge is -2.41. The van der Waals surface area contributed by atoms with E-state index in [1.165, 1.54) is 42.8 Å². The molecule has 198 valence electrons. The zero-order valence-corrected chi connectivity index (χ0v) is 21.1. The number of carbonyl (C=O) groups is 1. The maximum absolute atomic E-state index is 12.5. The first kappa shape index (κ1) is 26.8. The number of ether oxygens (including phenoxy) is 1. The number of hydrogen-bond donors (Lipinski definition) is 0. The van der Waals surface area contributed by atoms with Gasteiger partial charge in [-0.2, -0.15) is 8.78 Å². The van der Waals surface area contributed by atoms with E-state index in [1.54, 1.807) is 12.1 Å². The Balaban J connectivity index is 0.000000241. The van der Waals surface area contributed by atoms with Crippen molar-refractivity contribution in [1.82, 2.24) is 25.0 Å². The summed E-state index contributed by atoms with van der Waals surface area (Å²) in [6, 6.07) is 11.8. The summed E-state index contributed by atoms with van der Waals surface area (Å²) in [4.78, 5) is 22.1. The van der Waals surface area contributed by atoms with Crippen molar-refractivity contribution in [2.24, 2.45) is 0 Å². The lowest BCUT2D eigenvalue weighted by Crippen LogP contribution is -2.55. The Hall–Kier alpha value is -3.28. The van der Waals surface area contributed by atoms with Gasteiger partial charge in [-0.25, -0.2) is 0 Å². The number of carbonyl (C=O) groups excluding carboxylic acids is 1. The number of likely N-dealkylation sites (N-methyl/N-ethyl adjacent to an activating group) is 1. The predicted molar refractivity (Wildman–Crippen MR) is 134 cm³/mol. The van der Waals surface area contributed by atoms with Gasteiger partial charge in [-0.05, 0) is 43.3 Å². The molecular weight excluding hydrogens is 482 g/mol. The molecule has 2 aromatic heterocycles. The van der Waals surface area contributed by atoms with Crippen LogP contribution in [0.5, 0.6) is 0 Å². The molecule has 0 bridgehead atoms. The number of benzene rings is 1. The first-order valence-corrected chi connectivity index (χ1v) is 12.3. The van der Waals surface area contributed by atoms with E-state index < -0.39 is 12.3 Å². The Morgan fingerprint density at radius 2 is 1.81 bits per heavy atom. The number of halogens is 2. The number of nitrogens with zero attached hydrogens (tertiary/aromatic N) is 6. The van der Waals surface area contributed by atoms with Crippen molar-refractivity contribution in [3.63, 3.8) is 0 Å². The minimum Gasteiger partial charge on any atom is -0.415 e. The first-order chi connectivity index (χ1) is 18.0. The third kappa shape index (κ3) is 7.15. The lowest BCUT2D eigenvalue weighted by molar-refractivity contribution is -0.107. The van der Waals surface area contributed by atoms with Crippen molar-refractivity contribution in [2.45, 2.75) is 32.4 Å². The van der Waals surface area contributed by atoms with Gasteiger partial charge in [0.1, 0.15) is 0 Å². The third-order valence-electron chi connectivity index (χ3n) is 6.51. The number of amides is 1. The van der Waals surface area contributed by atoms with Crippen molar-refractivity contribution in [2.75, 3.05) is 51.3 Å². The Labute approximate surface area is 215 Å². The monoisotopic (exact) mass is 514 g/mol. The van der Waals surface area contributed by atoms with E-state index in [1.807, 2.05) is 24.3 Å². The maximum Gasteiger partial charge on any atom is 0.314 e. The number of alkyl halides is 2. The highest BCUT2D eigenvalue weighted by molar-refractivity contribution is 5.75. The zero-order valence-electron chi connectivity index (χ0n) is 21.1. The smallest absolute Gasteiger partial charge is 0.314 e. The molecule has 0 spiro atoms. The SMILES string of the molecule is CCc1ccc(N(C=O)Cc2ccc(-c3nnc(C(F)F)o3)cn2)cc1.CN1CCN(C2COC2)CC1. The van der Waals surface area contributed by atoms with Crippen LogP contribution < -0.4 is 4.90 Å². The molecule has 0 N–H and O–H groups in total. The standard InChI is InChI=1S/C18H16F2N4O2.C8H16N2O/c1-2-12-3-7-15(8-4-12)24(11-25)10-14-6-5-13(9-21-14)17-22-23-18(26-17)16(19)20;1-9-2-4-10(5-3-9)8-6-11-7-8/h3-9,11,16H,2,10H2,1H3;8H,2-7H2,1H3. The van der Waals surface area contributed by atoms with Crippen LogP contribution in [-0.4, -0.2) is 83.9 Å². The average Bonchev–Trinajstić information content (AvgIpc) is 3.39. The van der Waals surface area contributed by atoms with E-state index >= 15 is 0 Å². The molecule has 0 saturated carbocycles. The summed E-state index contributed by atoms with van der Waals surface area (Å²) in [5.41, 5.74) is 3.01. The quantitative estimate of drug-likeness (QED) is 0.423. The second kappa shape index (κ2) is 12.8. The van der Waals surface area contributed by atoms with E-state index in [4.69, 9.17) is 9.15 Å². The van der Waals surface area contributed by atoms with Gasteiger partial charge in [-0.3, -0.25) is 14.7 Å². The Kier molecular flexibility index (Phi) is 9.26. The van der Waals surface area contributed by atoms with Crippen LogP contribution in [-0.2, 0) is 22.5 Å². The number of aryl methyl sites for hydroxylation is 1. The fourth-order valence-corrected chi connectivity index (χ4v) is 3.99. The van der Waals surface area contributed by atoms with E-state index in [-0.39, 0.29) is 12.4 Å². The molecule has 9 nitrogen and oxygen atoms in total. The molecule has 2 aliphatic heterocycles. The third-order valence-corrected chi connectivity index (χ3v) is 6.51. The molecule has 37 heavy (non-hydrogen) atoms. The normalized spacial score (nSPS) is 16.7. The van der Waals surface area contributed by atoms with Crippen molar-refractivity contribution in [3.8, 4) is 11.5 Å². The van der Waals surface area contributed by atoms with Crippen LogP contribution in [0.4, 0.5) is 14.5 Å². The number of anilines is 1. The fourth-order valence-electron chi connectivity index (χ4n) is 3.99. The second-order valence-electron chi connectivity index (χ2n) is 9.07. The van der Waals surface area contributed by atoms with Gasteiger partial charge < -0.3 is 19.0 Å². The predicted octanol–water partition coefficient (Wildman–Crippen LogP) is 3.43. The first-order valence-electron chi connectivity index (χ1n) is 12.3. The molecule has 5 rings (SSSR count). The number of pyridine rings is 1. The largest absolute Gasteiger partial charge is 0.415 e. The molecule has 0 aliphatic carbocycles. The highest BCUT2D eigenvalue weighted by Crippen LogP contribution is 2.23. The van der Waals surface area contributed by atoms with Crippen LogP contribution in [0.3, 0.4) is 0 Å². The topological polar surface area (TPSA) is 87.8 Å². The van der Waals surface area contributed by atoms with Gasteiger partial charge in [0.2, 0.25) is 12.3 Å². The van der Waals surface area contributed by atoms with E-state index in [2.05, 4.69) is 39.0 Å². The van der Waals surface area contributed by atoms with Crippen LogP contribution in [0.2, 0.25) is 0 Å². The number of rotatable bonds is 8. The summed E-state index contributed by atoms with van der Waals surface area (Å²) in [5.74, 6) is -0.756. The molecule has 2 fully saturated rings. The van der Waals surface area contributed by atoms with Gasteiger partial charge in [0.15, 0.2) is 0 Å². The highest BCUT2D eigenvalue weighted by atomic mass is 19.3. The average molecular weight is 515 g/mol. The van der Waals surface area contributed by atoms with E-state index in [0.29, 0.717) is 11.3 Å². The molecular formula is C26H32F2N6O3. The van der Waals surface area contributed by atoms with E-state index in [9.17, 15) is 13.6 Å². The van der Waals surface area contributed by atoms with Crippen molar-refractivity contribution in [1.29, 1.82) is 0 Å². The fraction of sp³-hybridized carbons (Fsp3) is 0.462. The van der Waals surface area contributed by atoms with Crippen molar-refractivity contribution >= 4 is 12.1 Å². The minimum atomic E-state index is -2.82. The molecule has 1 amide bonds. The van der Waals surface area contributed by atoms with Gasteiger partial charge in [0.25, 0.3) is 5.89 Å². The second-order valence-corrected chi connectivity index (χ2v) is 9.07. The summed E-state index contributed by atoms with van der Waals surface area (Å²) < 4.78 is 35.0. The summed E-state index contributed by atoms with van der Waals surface area (Å²) in [6.45, 7) is 9.16. The van der Waals surface area contributed by atoms with Crippen LogP contribution in [0, 0.1) is 0 Å². The number of hydrogen-bond acceptors (Lipinski definition) is 8. The van der Waals surface area contributed by atoms with Gasteiger partial charge in [0.05, 0.1) is 37.1 Å². The summed E-state index contributed by atoms with van der Waals surface area (Å²) in [7, 11) is 2.19. The molecule has 2 saturated heterocycles. The Morgan fingerprint density at radius 1 is 1.08 bits per heavy atom. The molecule has 4 heterocycles. The number of piperazine rings is 1. The molecule has 1 aromatic carbocycles. The lowest BCUT2D eigenvalue weighted by atomic mass is 10.1. The van der Waals surface area contributed by atoms with Crippen molar-refractivity contribution in [3.05, 3.63) is 59.7 Å². The minimum absolute atomic E-state index is 0.0262.